The molecule has 9 nitrogen and oxygen atoms in total. The zero-order valence-corrected chi connectivity index (χ0v) is 18.8. The molecule has 30 heavy (non-hydrogen) atoms. The summed E-state index contributed by atoms with van der Waals surface area (Å²) in [5.74, 6) is -3.12. The van der Waals surface area contributed by atoms with Crippen LogP contribution in [0.15, 0.2) is 24.3 Å². The summed E-state index contributed by atoms with van der Waals surface area (Å²) >= 11 is 2.41. The van der Waals surface area contributed by atoms with Crippen LogP contribution in [0.2, 0.25) is 0 Å². The molecule has 10 heteroatoms. The molecule has 1 aromatic rings. The number of carbonyl (C=O) groups is 3. The predicted octanol–water partition coefficient (Wildman–Crippen LogP) is 0.908. The number of rotatable bonds is 5. The fraction of sp³-hybridized carbons (Fsp3) is 0.550. The number of nitrogens with zero attached hydrogens (tertiary/aromatic N) is 1. The van der Waals surface area contributed by atoms with Gasteiger partial charge in [0.25, 0.3) is 0 Å². The lowest BCUT2D eigenvalue weighted by Crippen LogP contribution is -2.48. The molecule has 2 aliphatic rings. The number of benzene rings is 1. The number of aliphatic hydroxyl groups excluding tert-OH is 2. The molecule has 2 heterocycles. The van der Waals surface area contributed by atoms with Gasteiger partial charge in [-0.15, -0.1) is 0 Å². The van der Waals surface area contributed by atoms with Crippen LogP contribution in [0.5, 0.6) is 0 Å². The highest BCUT2D eigenvalue weighted by molar-refractivity contribution is 14.1. The van der Waals surface area contributed by atoms with E-state index in [0.717, 1.165) is 12.8 Å². The van der Waals surface area contributed by atoms with Crippen LogP contribution in [-0.4, -0.2) is 81.7 Å². The maximum absolute atomic E-state index is 12.1. The third-order valence-electron chi connectivity index (χ3n) is 5.85. The Labute approximate surface area is 187 Å². The Morgan fingerprint density at radius 3 is 2.10 bits per heavy atom. The molecule has 0 radical (unpaired) electrons. The number of ether oxygens (including phenoxy) is 1. The zero-order chi connectivity index (χ0) is 22.6. The van der Waals surface area contributed by atoms with Gasteiger partial charge in [0.2, 0.25) is 0 Å². The Balaban J connectivity index is 0.000000274. The molecule has 2 bridgehead atoms. The van der Waals surface area contributed by atoms with Crippen LogP contribution in [0.4, 0.5) is 0 Å². The number of carbonyl (C=O) groups excluding carboxylic acids is 1. The molecule has 166 valence electrons. The van der Waals surface area contributed by atoms with Gasteiger partial charge < -0.3 is 25.2 Å². The summed E-state index contributed by atoms with van der Waals surface area (Å²) in [7, 11) is 3.67. The lowest BCUT2D eigenvalue weighted by atomic mass is 9.79. The van der Waals surface area contributed by atoms with E-state index in [1.54, 1.807) is 0 Å². The van der Waals surface area contributed by atoms with Crippen molar-refractivity contribution in [2.24, 2.45) is 5.92 Å². The number of aliphatic hydroxyl groups is 2. The number of esters is 1. The summed E-state index contributed by atoms with van der Waals surface area (Å²) in [5.41, 5.74) is 1.39. The van der Waals surface area contributed by atoms with Gasteiger partial charge in [0.1, 0.15) is 0 Å². The number of piperidine rings is 1. The molecule has 0 amide bonds. The summed E-state index contributed by atoms with van der Waals surface area (Å²) in [6, 6.07) is 9.48. The molecule has 2 aliphatic heterocycles. The van der Waals surface area contributed by atoms with Crippen LogP contribution >= 0.6 is 22.6 Å². The second-order valence-electron chi connectivity index (χ2n) is 7.44. The van der Waals surface area contributed by atoms with Crippen LogP contribution in [0.3, 0.4) is 0 Å². The van der Waals surface area contributed by atoms with Crippen LogP contribution in [0, 0.1) is 9.49 Å². The van der Waals surface area contributed by atoms with Gasteiger partial charge in [-0.3, -0.25) is 9.69 Å². The van der Waals surface area contributed by atoms with E-state index in [9.17, 15) is 14.4 Å². The molecular formula is C20H26INO8. The lowest BCUT2D eigenvalue weighted by molar-refractivity contribution is -0.165. The molecule has 4 N–H and O–H groups in total. The summed E-state index contributed by atoms with van der Waals surface area (Å²) < 4.78 is 6.34. The van der Waals surface area contributed by atoms with E-state index >= 15 is 0 Å². The van der Waals surface area contributed by atoms with Crippen molar-refractivity contribution in [1.29, 1.82) is 0 Å². The first-order valence-electron chi connectivity index (χ1n) is 9.46. The van der Waals surface area contributed by atoms with E-state index in [0.29, 0.717) is 18.0 Å². The third kappa shape index (κ3) is 5.29. The number of carboxylic acid groups (broad SMARTS) is 2. The van der Waals surface area contributed by atoms with Crippen molar-refractivity contribution in [1.82, 2.24) is 4.90 Å². The van der Waals surface area contributed by atoms with Gasteiger partial charge in [-0.25, -0.2) is 9.59 Å². The standard InChI is InChI=1S/C16H20INO2.C4H6O6/c1-18-14-7-8-15(18)12(16(19)20-2)9-11(14)10-5-3-4-6-13(10)17;5-1(3(7)8)2(6)4(9)10/h3-6,11-12,14-15H,7-9H2,1-2H3;1-2,5-6H,(H,7,8)(H,9,10)/t11?,12-,14-,15+;/m0./s1. The summed E-state index contributed by atoms with van der Waals surface area (Å²) in [6.45, 7) is 0. The van der Waals surface area contributed by atoms with Gasteiger partial charge >= 0.3 is 17.9 Å². The second-order valence-corrected chi connectivity index (χ2v) is 8.60. The SMILES string of the molecule is COC(=O)[C@H]1CC(c2ccccc2I)[C@@H]2CC[C@H]1N2C.O=C(O)C(O)C(O)C(=O)O. The van der Waals surface area contributed by atoms with Crippen molar-refractivity contribution in [2.45, 2.75) is 49.5 Å². The lowest BCUT2D eigenvalue weighted by Gasteiger charge is -2.41. The molecule has 3 unspecified atom stereocenters. The zero-order valence-electron chi connectivity index (χ0n) is 16.6. The maximum atomic E-state index is 12.1. The Morgan fingerprint density at radius 2 is 1.60 bits per heavy atom. The van der Waals surface area contributed by atoms with Crippen molar-refractivity contribution in [3.63, 3.8) is 0 Å². The van der Waals surface area contributed by atoms with Crippen LogP contribution < -0.4 is 0 Å². The molecule has 1 aromatic carbocycles. The molecule has 0 spiro atoms. The van der Waals surface area contributed by atoms with Gasteiger partial charge in [0.05, 0.1) is 13.0 Å². The van der Waals surface area contributed by atoms with Gasteiger partial charge in [-0.05, 0) is 60.5 Å². The molecule has 6 atom stereocenters. The number of hydrogen-bond acceptors (Lipinski definition) is 7. The van der Waals surface area contributed by atoms with E-state index in [1.165, 1.54) is 22.7 Å². The number of halogens is 1. The van der Waals surface area contributed by atoms with Crippen LogP contribution in [0.25, 0.3) is 0 Å². The molecule has 0 aromatic heterocycles. The molecule has 2 saturated heterocycles. The first kappa shape index (κ1) is 24.5. The van der Waals surface area contributed by atoms with E-state index in [1.807, 2.05) is 0 Å². The monoisotopic (exact) mass is 535 g/mol. The highest BCUT2D eigenvalue weighted by Gasteiger charge is 2.49. The average molecular weight is 535 g/mol. The highest BCUT2D eigenvalue weighted by Crippen LogP contribution is 2.47. The van der Waals surface area contributed by atoms with Crippen molar-refractivity contribution in [3.05, 3.63) is 33.4 Å². The molecule has 0 saturated carbocycles. The number of aliphatic carboxylic acids is 2. The van der Waals surface area contributed by atoms with E-state index in [4.69, 9.17) is 25.2 Å². The topological polar surface area (TPSA) is 145 Å². The first-order valence-corrected chi connectivity index (χ1v) is 10.5. The van der Waals surface area contributed by atoms with Crippen LogP contribution in [-0.2, 0) is 19.1 Å². The van der Waals surface area contributed by atoms with Gasteiger partial charge in [0.15, 0.2) is 12.2 Å². The van der Waals surface area contributed by atoms with Crippen molar-refractivity contribution in [2.75, 3.05) is 14.2 Å². The predicted molar refractivity (Wildman–Crippen MR) is 114 cm³/mol. The minimum Gasteiger partial charge on any atom is -0.479 e. The fourth-order valence-corrected chi connectivity index (χ4v) is 5.12. The number of methoxy groups -OCH3 is 1. The largest absolute Gasteiger partial charge is 0.479 e. The Bertz CT molecular complexity index is 770. The van der Waals surface area contributed by atoms with E-state index < -0.39 is 24.1 Å². The second kappa shape index (κ2) is 10.5. The normalized spacial score (nSPS) is 27.4. The van der Waals surface area contributed by atoms with Crippen LogP contribution in [0.1, 0.15) is 30.7 Å². The van der Waals surface area contributed by atoms with Gasteiger partial charge in [-0.1, -0.05) is 18.2 Å². The van der Waals surface area contributed by atoms with Crippen molar-refractivity contribution < 1.29 is 39.5 Å². The van der Waals surface area contributed by atoms with E-state index in [2.05, 4.69) is 58.8 Å². The summed E-state index contributed by atoms with van der Waals surface area (Å²) in [5, 5.41) is 32.5. The fourth-order valence-electron chi connectivity index (χ4n) is 4.34. The highest BCUT2D eigenvalue weighted by atomic mass is 127. The summed E-state index contributed by atoms with van der Waals surface area (Å²) in [4.78, 5) is 34.1. The van der Waals surface area contributed by atoms with E-state index in [-0.39, 0.29) is 11.9 Å². The van der Waals surface area contributed by atoms with Crippen molar-refractivity contribution >= 4 is 40.5 Å². The number of fused-ring (bicyclic) bond motifs is 2. The Kier molecular flexibility index (Phi) is 8.59. The molecule has 3 rings (SSSR count). The first-order chi connectivity index (χ1) is 14.1. The number of hydrogen-bond donors (Lipinski definition) is 4. The minimum atomic E-state index is -2.27. The minimum absolute atomic E-state index is 0.0183. The molecular weight excluding hydrogens is 509 g/mol. The van der Waals surface area contributed by atoms with Gasteiger partial charge in [0, 0.05) is 21.6 Å². The molecule has 2 fully saturated rings. The molecule has 0 aliphatic carbocycles. The summed E-state index contributed by atoms with van der Waals surface area (Å²) in [6.07, 6.45) is -1.31. The number of carboxylic acids is 2. The third-order valence-corrected chi connectivity index (χ3v) is 6.84. The average Bonchev–Trinajstić information content (AvgIpc) is 2.97. The van der Waals surface area contributed by atoms with Crippen molar-refractivity contribution in [3.8, 4) is 0 Å². The smallest absolute Gasteiger partial charge is 0.335 e. The Hall–Kier alpha value is -1.76. The Morgan fingerprint density at radius 1 is 1.07 bits per heavy atom. The number of likely N-dealkylation sites (N-methyl/N-ethyl adjacent to an activating group) is 1. The maximum Gasteiger partial charge on any atom is 0.335 e. The quantitative estimate of drug-likeness (QED) is 0.320. The van der Waals surface area contributed by atoms with Gasteiger partial charge in [-0.2, -0.15) is 0 Å².